The number of unbranched alkanes of at least 4 members (excludes halogenated alkanes) is 4. The molecule has 2 aliphatic heterocycles. The van der Waals surface area contributed by atoms with Crippen molar-refractivity contribution in [3.8, 4) is 11.5 Å². The van der Waals surface area contributed by atoms with Gasteiger partial charge in [-0.1, -0.05) is 98.8 Å². The summed E-state index contributed by atoms with van der Waals surface area (Å²) in [5.74, 6) is 1.77. The second-order valence-corrected chi connectivity index (χ2v) is 15.3. The number of ether oxygens (including phenoxy) is 2. The van der Waals surface area contributed by atoms with Crippen LogP contribution < -0.4 is 15.2 Å². The number of benzene rings is 3. The van der Waals surface area contributed by atoms with Crippen molar-refractivity contribution in [1.82, 2.24) is 14.7 Å². The Morgan fingerprint density at radius 2 is 1.25 bits per heavy atom. The highest BCUT2D eigenvalue weighted by Gasteiger charge is 2.49. The number of hydrogen-bond donors (Lipinski definition) is 1. The van der Waals surface area contributed by atoms with Gasteiger partial charge in [-0.15, -0.1) is 0 Å². The molecule has 1 aliphatic carbocycles. The average molecular weight is 695 g/mol. The standard InChI is InChI=1S/C44H62N4O3/c1-50-41-23-16-24-42(51-2)40(41)34-47-31-26-39(27-32-47)48(38-21-12-13-22-38)29-15-5-3-4-14-28-46-30-25-37(33-46)44(43(45)49,35-17-8-6-9-18-35)36-19-10-7-11-20-36/h6-11,16-20,23-24,37-39H,3-5,12-15,21-22,25-34H2,1-2H3,(H2,45,49)/t37-/m1/s1. The van der Waals surface area contributed by atoms with Gasteiger partial charge in [0.25, 0.3) is 0 Å². The number of carbonyl (C=O) groups is 1. The lowest BCUT2D eigenvalue weighted by Crippen LogP contribution is -2.49. The van der Waals surface area contributed by atoms with Gasteiger partial charge in [0.1, 0.15) is 16.9 Å². The highest BCUT2D eigenvalue weighted by atomic mass is 16.5. The van der Waals surface area contributed by atoms with E-state index >= 15 is 0 Å². The number of nitrogens with two attached hydrogens (primary N) is 1. The first-order valence-electron chi connectivity index (χ1n) is 19.9. The molecule has 0 bridgehead atoms. The largest absolute Gasteiger partial charge is 0.496 e. The van der Waals surface area contributed by atoms with E-state index in [4.69, 9.17) is 15.2 Å². The molecule has 0 aromatic heterocycles. The number of carbonyl (C=O) groups excluding carboxylic acids is 1. The molecule has 0 spiro atoms. The number of hydrogen-bond acceptors (Lipinski definition) is 6. The SMILES string of the molecule is COc1cccc(OC)c1CN1CCC(N(CCCCCCCN2CC[C@@H](C(C(N)=O)(c3ccccc3)c3ccccc3)C2)C2CCCC2)CC1. The minimum atomic E-state index is -0.804. The molecular formula is C44H62N4O3. The molecule has 1 atom stereocenters. The minimum absolute atomic E-state index is 0.164. The van der Waals surface area contributed by atoms with Gasteiger partial charge in [0.2, 0.25) is 5.91 Å². The van der Waals surface area contributed by atoms with E-state index in [0.29, 0.717) is 6.04 Å². The Kier molecular flexibility index (Phi) is 13.5. The predicted octanol–water partition coefficient (Wildman–Crippen LogP) is 7.66. The van der Waals surface area contributed by atoms with Gasteiger partial charge < -0.3 is 20.1 Å². The fourth-order valence-electron chi connectivity index (χ4n) is 9.69. The first-order valence-corrected chi connectivity index (χ1v) is 19.9. The van der Waals surface area contributed by atoms with Crippen LogP contribution in [0.15, 0.2) is 78.9 Å². The molecule has 2 heterocycles. The molecule has 2 saturated heterocycles. The maximum atomic E-state index is 13.4. The number of likely N-dealkylation sites (tertiary alicyclic amines) is 2. The van der Waals surface area contributed by atoms with Crippen LogP contribution in [0, 0.1) is 5.92 Å². The fraction of sp³-hybridized carbons (Fsp3) is 0.568. The van der Waals surface area contributed by atoms with Gasteiger partial charge >= 0.3 is 0 Å². The summed E-state index contributed by atoms with van der Waals surface area (Å²) in [6.45, 7) is 7.43. The first-order chi connectivity index (χ1) is 25.0. The molecule has 7 nitrogen and oxygen atoms in total. The number of primary amides is 1. The number of nitrogens with zero attached hydrogens (tertiary/aromatic N) is 3. The lowest BCUT2D eigenvalue weighted by Gasteiger charge is -2.42. The van der Waals surface area contributed by atoms with Gasteiger partial charge in [0, 0.05) is 25.2 Å². The van der Waals surface area contributed by atoms with Crippen LogP contribution in [0.4, 0.5) is 0 Å². The normalized spacial score (nSPS) is 19.5. The molecule has 3 aromatic rings. The zero-order chi connectivity index (χ0) is 35.5. The lowest BCUT2D eigenvalue weighted by molar-refractivity contribution is -0.123. The first kappa shape index (κ1) is 37.4. The van der Waals surface area contributed by atoms with Crippen LogP contribution in [0.3, 0.4) is 0 Å². The van der Waals surface area contributed by atoms with E-state index < -0.39 is 5.41 Å². The average Bonchev–Trinajstić information content (AvgIpc) is 3.88. The maximum absolute atomic E-state index is 13.4. The highest BCUT2D eigenvalue weighted by molar-refractivity contribution is 5.91. The Labute approximate surface area is 307 Å². The molecule has 3 aliphatic rings. The fourth-order valence-corrected chi connectivity index (χ4v) is 9.69. The molecule has 0 radical (unpaired) electrons. The summed E-state index contributed by atoms with van der Waals surface area (Å²) in [4.78, 5) is 21.5. The summed E-state index contributed by atoms with van der Waals surface area (Å²) >= 11 is 0. The zero-order valence-electron chi connectivity index (χ0n) is 31.3. The second kappa shape index (κ2) is 18.4. The van der Waals surface area contributed by atoms with E-state index in [0.717, 1.165) is 79.9 Å². The quantitative estimate of drug-likeness (QED) is 0.138. The van der Waals surface area contributed by atoms with E-state index in [9.17, 15) is 4.79 Å². The van der Waals surface area contributed by atoms with Crippen molar-refractivity contribution in [2.75, 3.05) is 53.5 Å². The Balaban J connectivity index is 0.948. The van der Waals surface area contributed by atoms with Gasteiger partial charge in [-0.2, -0.15) is 0 Å². The zero-order valence-corrected chi connectivity index (χ0v) is 31.3. The molecule has 1 amide bonds. The molecule has 1 saturated carbocycles. The van der Waals surface area contributed by atoms with E-state index in [1.807, 2.05) is 54.6 Å². The van der Waals surface area contributed by atoms with E-state index in [2.05, 4.69) is 39.0 Å². The van der Waals surface area contributed by atoms with Gasteiger partial charge in [0.05, 0.1) is 19.8 Å². The van der Waals surface area contributed by atoms with Gasteiger partial charge in [-0.3, -0.25) is 14.6 Å². The maximum Gasteiger partial charge on any atom is 0.232 e. The van der Waals surface area contributed by atoms with Crippen LogP contribution in [0.2, 0.25) is 0 Å². The van der Waals surface area contributed by atoms with Crippen LogP contribution in [0.1, 0.15) is 93.7 Å². The van der Waals surface area contributed by atoms with Crippen LogP contribution in [0.5, 0.6) is 11.5 Å². The van der Waals surface area contributed by atoms with E-state index in [-0.39, 0.29) is 11.8 Å². The monoisotopic (exact) mass is 694 g/mol. The summed E-state index contributed by atoms with van der Waals surface area (Å²) in [6, 6.07) is 28.0. The smallest absolute Gasteiger partial charge is 0.232 e. The van der Waals surface area contributed by atoms with Crippen LogP contribution >= 0.6 is 0 Å². The Bertz CT molecular complexity index is 1420. The molecule has 2 N–H and O–H groups in total. The second-order valence-electron chi connectivity index (χ2n) is 15.3. The highest BCUT2D eigenvalue weighted by Crippen LogP contribution is 2.43. The molecule has 0 unspecified atom stereocenters. The number of amides is 1. The van der Waals surface area contributed by atoms with Crippen LogP contribution in [-0.4, -0.2) is 86.2 Å². The summed E-state index contributed by atoms with van der Waals surface area (Å²) < 4.78 is 11.4. The van der Waals surface area contributed by atoms with Crippen molar-refractivity contribution in [3.05, 3.63) is 95.6 Å². The third-order valence-corrected chi connectivity index (χ3v) is 12.4. The van der Waals surface area contributed by atoms with Gasteiger partial charge in [-0.05, 0) is 107 Å². The Hall–Kier alpha value is -3.39. The predicted molar refractivity (Wildman–Crippen MR) is 207 cm³/mol. The summed E-state index contributed by atoms with van der Waals surface area (Å²) in [5.41, 5.74) is 8.71. The topological polar surface area (TPSA) is 71.3 Å². The Morgan fingerprint density at radius 3 is 1.84 bits per heavy atom. The number of rotatable bonds is 18. The van der Waals surface area contributed by atoms with Crippen molar-refractivity contribution in [1.29, 1.82) is 0 Å². The summed E-state index contributed by atoms with van der Waals surface area (Å²) in [7, 11) is 3.50. The number of piperidine rings is 1. The Morgan fingerprint density at radius 1 is 0.706 bits per heavy atom. The van der Waals surface area contributed by atoms with Crippen LogP contribution in [-0.2, 0) is 16.8 Å². The molecule has 6 rings (SSSR count). The van der Waals surface area contributed by atoms with E-state index in [1.54, 1.807) is 14.2 Å². The van der Waals surface area contributed by atoms with Crippen molar-refractivity contribution < 1.29 is 14.3 Å². The molecule has 7 heteroatoms. The lowest BCUT2D eigenvalue weighted by atomic mass is 9.64. The van der Waals surface area contributed by atoms with Crippen LogP contribution in [0.25, 0.3) is 0 Å². The molecule has 51 heavy (non-hydrogen) atoms. The summed E-state index contributed by atoms with van der Waals surface area (Å²) in [5, 5.41) is 0. The molecular weight excluding hydrogens is 633 g/mol. The number of methoxy groups -OCH3 is 2. The minimum Gasteiger partial charge on any atom is -0.496 e. The van der Waals surface area contributed by atoms with Gasteiger partial charge in [0.15, 0.2) is 0 Å². The summed E-state index contributed by atoms with van der Waals surface area (Å²) in [6.07, 6.45) is 15.4. The van der Waals surface area contributed by atoms with Gasteiger partial charge in [-0.25, -0.2) is 0 Å². The van der Waals surface area contributed by atoms with Crippen molar-refractivity contribution in [2.45, 2.75) is 101 Å². The van der Waals surface area contributed by atoms with Crippen molar-refractivity contribution in [3.63, 3.8) is 0 Å². The van der Waals surface area contributed by atoms with Crippen molar-refractivity contribution in [2.24, 2.45) is 11.7 Å². The van der Waals surface area contributed by atoms with E-state index in [1.165, 1.54) is 77.2 Å². The third kappa shape index (κ3) is 8.81. The molecule has 276 valence electrons. The molecule has 3 fully saturated rings. The van der Waals surface area contributed by atoms with Crippen molar-refractivity contribution >= 4 is 5.91 Å². The molecule has 3 aromatic carbocycles. The third-order valence-electron chi connectivity index (χ3n) is 12.4.